The molecule has 0 bridgehead atoms. The van der Waals surface area contributed by atoms with Gasteiger partial charge in [-0.3, -0.25) is 14.5 Å². The van der Waals surface area contributed by atoms with Crippen LogP contribution in [0.3, 0.4) is 0 Å². The number of rotatable bonds is 4. The summed E-state index contributed by atoms with van der Waals surface area (Å²) in [6, 6.07) is 8.45. The number of anilines is 2. The molecule has 32 heavy (non-hydrogen) atoms. The van der Waals surface area contributed by atoms with E-state index in [1.165, 1.54) is 23.1 Å². The second-order valence-corrected chi connectivity index (χ2v) is 7.80. The molecule has 0 radical (unpaired) electrons. The van der Waals surface area contributed by atoms with E-state index < -0.39 is 17.6 Å². The number of aldehydes is 1. The van der Waals surface area contributed by atoms with E-state index in [4.69, 9.17) is 0 Å². The molecule has 2 fully saturated rings. The molecule has 1 unspecified atom stereocenters. The maximum absolute atomic E-state index is 13.3. The molecule has 1 atom stereocenters. The van der Waals surface area contributed by atoms with Crippen LogP contribution in [-0.4, -0.2) is 84.7 Å². The van der Waals surface area contributed by atoms with E-state index in [9.17, 15) is 22.8 Å². The first kappa shape index (κ1) is 22.0. The van der Waals surface area contributed by atoms with Gasteiger partial charge in [0.05, 0.1) is 11.1 Å². The van der Waals surface area contributed by atoms with Crippen molar-refractivity contribution in [3.05, 3.63) is 47.5 Å². The molecule has 4 rings (SSSR count). The highest BCUT2D eigenvalue weighted by molar-refractivity contribution is 5.96. The van der Waals surface area contributed by atoms with Gasteiger partial charge in [-0.15, -0.1) is 10.2 Å². The monoisotopic (exact) mass is 448 g/mol. The van der Waals surface area contributed by atoms with Gasteiger partial charge in [-0.2, -0.15) is 13.2 Å². The molecule has 11 heteroatoms. The van der Waals surface area contributed by atoms with Crippen molar-refractivity contribution in [1.82, 2.24) is 20.0 Å². The SMILES string of the molecule is CN1CCN(c2ccc(N3CCN(C(=O)c4ccccc4C(F)(F)F)CC3)nn2)C1C=O. The van der Waals surface area contributed by atoms with E-state index in [0.29, 0.717) is 31.3 Å². The molecule has 0 aliphatic carbocycles. The summed E-state index contributed by atoms with van der Waals surface area (Å²) in [5, 5.41) is 8.51. The van der Waals surface area contributed by atoms with Crippen LogP contribution in [0.15, 0.2) is 36.4 Å². The lowest BCUT2D eigenvalue weighted by Crippen LogP contribution is -2.49. The molecular weight excluding hydrogens is 425 g/mol. The summed E-state index contributed by atoms with van der Waals surface area (Å²) in [5.74, 6) is 0.594. The topological polar surface area (TPSA) is 72.9 Å². The van der Waals surface area contributed by atoms with Crippen molar-refractivity contribution in [2.75, 3.05) is 56.1 Å². The lowest BCUT2D eigenvalue weighted by Gasteiger charge is -2.35. The van der Waals surface area contributed by atoms with Gasteiger partial charge < -0.3 is 14.7 Å². The summed E-state index contributed by atoms with van der Waals surface area (Å²) in [6.45, 7) is 2.83. The third kappa shape index (κ3) is 4.24. The van der Waals surface area contributed by atoms with Gasteiger partial charge in [0.2, 0.25) is 0 Å². The normalized spacial score (nSPS) is 20.0. The average molecular weight is 448 g/mol. The fourth-order valence-corrected chi connectivity index (χ4v) is 4.06. The van der Waals surface area contributed by atoms with Crippen molar-refractivity contribution in [2.24, 2.45) is 0 Å². The fraction of sp³-hybridized carbons (Fsp3) is 0.429. The first-order valence-corrected chi connectivity index (χ1v) is 10.3. The summed E-state index contributed by atoms with van der Waals surface area (Å²) < 4.78 is 39.8. The average Bonchev–Trinajstić information content (AvgIpc) is 3.18. The molecule has 1 aromatic heterocycles. The molecule has 170 valence electrons. The van der Waals surface area contributed by atoms with Crippen LogP contribution in [0.2, 0.25) is 0 Å². The minimum Gasteiger partial charge on any atom is -0.352 e. The van der Waals surface area contributed by atoms with E-state index in [1.54, 1.807) is 12.1 Å². The number of alkyl halides is 3. The third-order valence-corrected chi connectivity index (χ3v) is 5.87. The molecule has 3 heterocycles. The second-order valence-electron chi connectivity index (χ2n) is 7.80. The van der Waals surface area contributed by atoms with Gasteiger partial charge in [-0.1, -0.05) is 12.1 Å². The Kier molecular flexibility index (Phi) is 6.00. The Morgan fingerprint density at radius 1 is 0.969 bits per heavy atom. The number of nitrogens with zero attached hydrogens (tertiary/aromatic N) is 6. The summed E-state index contributed by atoms with van der Waals surface area (Å²) >= 11 is 0. The summed E-state index contributed by atoms with van der Waals surface area (Å²) in [7, 11) is 1.87. The van der Waals surface area contributed by atoms with Crippen LogP contribution in [0.5, 0.6) is 0 Å². The number of carbonyl (C=O) groups is 2. The first-order valence-electron chi connectivity index (χ1n) is 10.3. The molecule has 0 spiro atoms. The molecule has 0 saturated carbocycles. The molecular formula is C21H23F3N6O2. The molecule has 0 N–H and O–H groups in total. The van der Waals surface area contributed by atoms with Crippen molar-refractivity contribution < 1.29 is 22.8 Å². The number of hydrogen-bond acceptors (Lipinski definition) is 7. The molecule has 2 aliphatic heterocycles. The van der Waals surface area contributed by atoms with Crippen LogP contribution in [0.4, 0.5) is 24.8 Å². The first-order chi connectivity index (χ1) is 15.3. The Morgan fingerprint density at radius 2 is 1.62 bits per heavy atom. The van der Waals surface area contributed by atoms with Crippen LogP contribution < -0.4 is 9.80 Å². The zero-order chi connectivity index (χ0) is 22.9. The summed E-state index contributed by atoms with van der Waals surface area (Å²) in [6.07, 6.45) is -4.09. The summed E-state index contributed by atoms with van der Waals surface area (Å²) in [5.41, 5.74) is -1.26. The number of piperazine rings is 1. The van der Waals surface area contributed by atoms with Crippen LogP contribution in [-0.2, 0) is 11.0 Å². The quantitative estimate of drug-likeness (QED) is 0.660. The van der Waals surface area contributed by atoms with E-state index in [-0.39, 0.29) is 24.8 Å². The van der Waals surface area contributed by atoms with Gasteiger partial charge in [-0.05, 0) is 31.3 Å². The number of benzene rings is 1. The van der Waals surface area contributed by atoms with Crippen molar-refractivity contribution in [3.63, 3.8) is 0 Å². The molecule has 8 nitrogen and oxygen atoms in total. The van der Waals surface area contributed by atoms with Crippen LogP contribution in [0.25, 0.3) is 0 Å². The van der Waals surface area contributed by atoms with Gasteiger partial charge >= 0.3 is 6.18 Å². The maximum atomic E-state index is 13.3. The highest BCUT2D eigenvalue weighted by Crippen LogP contribution is 2.32. The zero-order valence-electron chi connectivity index (χ0n) is 17.5. The van der Waals surface area contributed by atoms with E-state index in [2.05, 4.69) is 10.2 Å². The molecule has 2 saturated heterocycles. The number of likely N-dealkylation sites (N-methyl/N-ethyl adjacent to an activating group) is 1. The van der Waals surface area contributed by atoms with Crippen LogP contribution in [0, 0.1) is 0 Å². The standard InChI is InChI=1S/C21H23F3N6O2/c1-27-8-13-30(19(27)14-31)18-7-6-17(25-26-18)28-9-11-29(12-10-28)20(32)15-4-2-3-5-16(15)21(22,23)24/h2-7,14,19H,8-13H2,1H3. The van der Waals surface area contributed by atoms with Crippen molar-refractivity contribution in [3.8, 4) is 0 Å². The maximum Gasteiger partial charge on any atom is 0.417 e. The molecule has 2 aliphatic rings. The highest BCUT2D eigenvalue weighted by Gasteiger charge is 2.36. The Bertz CT molecular complexity index is 976. The minimum atomic E-state index is -4.58. The minimum absolute atomic E-state index is 0.276. The summed E-state index contributed by atoms with van der Waals surface area (Å²) in [4.78, 5) is 31.2. The van der Waals surface area contributed by atoms with E-state index in [1.807, 2.05) is 21.7 Å². The fourth-order valence-electron chi connectivity index (χ4n) is 4.06. The predicted octanol–water partition coefficient (Wildman–Crippen LogP) is 1.73. The smallest absolute Gasteiger partial charge is 0.352 e. The number of halogens is 3. The van der Waals surface area contributed by atoms with Gasteiger partial charge in [0.1, 0.15) is 6.17 Å². The Balaban J connectivity index is 1.40. The molecule has 2 aromatic rings. The zero-order valence-corrected chi connectivity index (χ0v) is 17.5. The van der Waals surface area contributed by atoms with Gasteiger partial charge in [0.15, 0.2) is 17.9 Å². The Labute approximate surface area is 183 Å². The number of aromatic nitrogens is 2. The molecule has 1 amide bonds. The number of amides is 1. The van der Waals surface area contributed by atoms with Crippen molar-refractivity contribution in [1.29, 1.82) is 0 Å². The lowest BCUT2D eigenvalue weighted by molar-refractivity contribution is -0.138. The van der Waals surface area contributed by atoms with Gasteiger partial charge in [0, 0.05) is 39.3 Å². The highest BCUT2D eigenvalue weighted by atomic mass is 19.4. The Morgan fingerprint density at radius 3 is 2.25 bits per heavy atom. The third-order valence-electron chi connectivity index (χ3n) is 5.87. The van der Waals surface area contributed by atoms with Gasteiger partial charge in [-0.25, -0.2) is 0 Å². The van der Waals surface area contributed by atoms with Gasteiger partial charge in [0.25, 0.3) is 5.91 Å². The van der Waals surface area contributed by atoms with Crippen molar-refractivity contribution >= 4 is 23.8 Å². The largest absolute Gasteiger partial charge is 0.417 e. The lowest BCUT2D eigenvalue weighted by atomic mass is 10.1. The van der Waals surface area contributed by atoms with Crippen molar-refractivity contribution in [2.45, 2.75) is 12.3 Å². The molecule has 1 aromatic carbocycles. The number of hydrogen-bond donors (Lipinski definition) is 0. The van der Waals surface area contributed by atoms with E-state index >= 15 is 0 Å². The number of carbonyl (C=O) groups excluding carboxylic acids is 2. The van der Waals surface area contributed by atoms with E-state index in [0.717, 1.165) is 18.9 Å². The second kappa shape index (κ2) is 8.73. The van der Waals surface area contributed by atoms with Crippen LogP contribution >= 0.6 is 0 Å². The van der Waals surface area contributed by atoms with Crippen LogP contribution in [0.1, 0.15) is 15.9 Å². The predicted molar refractivity (Wildman–Crippen MR) is 111 cm³/mol. The Hall–Kier alpha value is -3.21.